The van der Waals surface area contributed by atoms with Gasteiger partial charge in [0.2, 0.25) is 5.91 Å². The fourth-order valence-corrected chi connectivity index (χ4v) is 4.06. The van der Waals surface area contributed by atoms with Gasteiger partial charge in [-0.1, -0.05) is 37.7 Å². The van der Waals surface area contributed by atoms with Gasteiger partial charge < -0.3 is 10.3 Å². The maximum absolute atomic E-state index is 12.6. The summed E-state index contributed by atoms with van der Waals surface area (Å²) in [6.45, 7) is 6.06. The first kappa shape index (κ1) is 20.6. The highest BCUT2D eigenvalue weighted by Gasteiger charge is 2.19. The van der Waals surface area contributed by atoms with Gasteiger partial charge in [0.15, 0.2) is 5.16 Å². The van der Waals surface area contributed by atoms with Gasteiger partial charge in [0.05, 0.1) is 10.9 Å². The molecule has 2 rings (SSSR count). The Morgan fingerprint density at radius 2 is 2.12 bits per heavy atom. The van der Waals surface area contributed by atoms with Crippen molar-refractivity contribution >= 4 is 35.1 Å². The Kier molecular flexibility index (Phi) is 8.25. The molecule has 0 saturated heterocycles. The summed E-state index contributed by atoms with van der Waals surface area (Å²) in [6, 6.07) is 9.23. The molecule has 1 aromatic heterocycles. The van der Waals surface area contributed by atoms with Crippen molar-refractivity contribution < 1.29 is 4.79 Å². The van der Waals surface area contributed by atoms with Crippen LogP contribution in [0.3, 0.4) is 0 Å². The summed E-state index contributed by atoms with van der Waals surface area (Å²) >= 11 is 3.05. The summed E-state index contributed by atoms with van der Waals surface area (Å²) in [5.74, 6) is 1.65. The highest BCUT2D eigenvalue weighted by atomic mass is 32.2. The van der Waals surface area contributed by atoms with Crippen LogP contribution in [0.4, 0.5) is 5.69 Å². The van der Waals surface area contributed by atoms with Gasteiger partial charge in [0.1, 0.15) is 0 Å². The van der Waals surface area contributed by atoms with E-state index in [-0.39, 0.29) is 16.7 Å². The second-order valence-electron chi connectivity index (χ2n) is 5.97. The number of benzene rings is 1. The summed E-state index contributed by atoms with van der Waals surface area (Å²) in [5.41, 5.74) is 2.44. The van der Waals surface area contributed by atoms with Crippen molar-refractivity contribution in [2.75, 3.05) is 11.1 Å². The van der Waals surface area contributed by atoms with E-state index in [9.17, 15) is 9.59 Å². The molecule has 1 atom stereocenters. The molecule has 2 N–H and O–H groups in total. The average molecular weight is 392 g/mol. The second kappa shape index (κ2) is 10.4. The number of aromatic nitrogens is 2. The third-order valence-corrected chi connectivity index (χ3v) is 6.02. The van der Waals surface area contributed by atoms with Crippen molar-refractivity contribution in [2.45, 2.75) is 49.8 Å². The van der Waals surface area contributed by atoms with E-state index >= 15 is 0 Å². The first-order valence-electron chi connectivity index (χ1n) is 8.74. The molecule has 1 heterocycles. The zero-order valence-corrected chi connectivity index (χ0v) is 17.0. The molecule has 0 aliphatic heterocycles. The highest BCUT2D eigenvalue weighted by Crippen LogP contribution is 2.24. The van der Waals surface area contributed by atoms with Gasteiger partial charge in [-0.05, 0) is 43.2 Å². The Morgan fingerprint density at radius 3 is 2.81 bits per heavy atom. The first-order chi connectivity index (χ1) is 12.5. The van der Waals surface area contributed by atoms with Crippen LogP contribution in [0, 0.1) is 6.92 Å². The predicted octanol–water partition coefficient (Wildman–Crippen LogP) is 4.23. The molecule has 2 aromatic rings. The molecule has 0 radical (unpaired) electrons. The van der Waals surface area contributed by atoms with Crippen molar-refractivity contribution in [3.63, 3.8) is 0 Å². The van der Waals surface area contributed by atoms with E-state index in [2.05, 4.69) is 22.2 Å². The van der Waals surface area contributed by atoms with Crippen LogP contribution >= 0.6 is 23.5 Å². The number of anilines is 1. The van der Waals surface area contributed by atoms with Gasteiger partial charge in [-0.15, -0.1) is 0 Å². The number of nitrogens with one attached hydrogen (secondary N) is 2. The Bertz CT molecular complexity index is 792. The molecule has 1 unspecified atom stereocenters. The smallest absolute Gasteiger partial charge is 0.251 e. The standard InChI is InChI=1S/C19H25N3O2S2/c1-4-9-25-12-15-11-17(23)22-19(21-15)26-16(5-2)18(24)20-14-8-6-7-13(3)10-14/h6-8,10-11,16H,4-5,9,12H2,1-3H3,(H,20,24)(H,21,22,23). The molecule has 0 aliphatic rings. The number of amides is 1. The lowest BCUT2D eigenvalue weighted by molar-refractivity contribution is -0.115. The van der Waals surface area contributed by atoms with E-state index in [0.717, 1.165) is 29.1 Å². The zero-order chi connectivity index (χ0) is 18.9. The lowest BCUT2D eigenvalue weighted by Gasteiger charge is -2.14. The van der Waals surface area contributed by atoms with Crippen molar-refractivity contribution in [2.24, 2.45) is 0 Å². The van der Waals surface area contributed by atoms with Crippen LogP contribution < -0.4 is 10.9 Å². The van der Waals surface area contributed by atoms with E-state index in [1.807, 2.05) is 38.1 Å². The third-order valence-electron chi connectivity index (χ3n) is 3.57. The average Bonchev–Trinajstić information content (AvgIpc) is 2.59. The molecule has 0 saturated carbocycles. The molecule has 0 spiro atoms. The lowest BCUT2D eigenvalue weighted by atomic mass is 10.2. The number of H-pyrrole nitrogens is 1. The number of carbonyl (C=O) groups excluding carboxylic acids is 1. The number of thioether (sulfide) groups is 2. The third kappa shape index (κ3) is 6.53. The molecule has 0 bridgehead atoms. The topological polar surface area (TPSA) is 74.8 Å². The number of hydrogen-bond donors (Lipinski definition) is 2. The Balaban J connectivity index is 2.06. The largest absolute Gasteiger partial charge is 0.325 e. The van der Waals surface area contributed by atoms with Gasteiger partial charge >= 0.3 is 0 Å². The number of carbonyl (C=O) groups is 1. The van der Waals surface area contributed by atoms with Gasteiger partial charge in [0.25, 0.3) is 5.56 Å². The molecular weight excluding hydrogens is 366 g/mol. The van der Waals surface area contributed by atoms with E-state index in [0.29, 0.717) is 17.3 Å². The lowest BCUT2D eigenvalue weighted by Crippen LogP contribution is -2.25. The van der Waals surface area contributed by atoms with Gasteiger partial charge in [-0.2, -0.15) is 11.8 Å². The quantitative estimate of drug-likeness (QED) is 0.380. The normalized spacial score (nSPS) is 12.0. The van der Waals surface area contributed by atoms with Crippen LogP contribution in [0.25, 0.3) is 0 Å². The highest BCUT2D eigenvalue weighted by molar-refractivity contribution is 8.00. The molecule has 0 aliphatic carbocycles. The number of nitrogens with zero attached hydrogens (tertiary/aromatic N) is 1. The maximum atomic E-state index is 12.6. The summed E-state index contributed by atoms with van der Waals surface area (Å²) in [5, 5.41) is 3.12. The minimum atomic E-state index is -0.322. The Hall–Kier alpha value is -1.73. The van der Waals surface area contributed by atoms with E-state index in [1.54, 1.807) is 11.8 Å². The summed E-state index contributed by atoms with van der Waals surface area (Å²) in [6.07, 6.45) is 1.73. The van der Waals surface area contributed by atoms with Gasteiger partial charge in [0, 0.05) is 17.5 Å². The molecule has 140 valence electrons. The zero-order valence-electron chi connectivity index (χ0n) is 15.4. The molecule has 1 aromatic carbocycles. The van der Waals surface area contributed by atoms with Crippen LogP contribution in [-0.2, 0) is 10.5 Å². The van der Waals surface area contributed by atoms with Crippen molar-refractivity contribution in [1.82, 2.24) is 9.97 Å². The number of aromatic amines is 1. The fraction of sp³-hybridized carbons (Fsp3) is 0.421. The van der Waals surface area contributed by atoms with Crippen LogP contribution in [0.15, 0.2) is 40.3 Å². The van der Waals surface area contributed by atoms with Gasteiger partial charge in [-0.3, -0.25) is 9.59 Å². The van der Waals surface area contributed by atoms with Crippen molar-refractivity contribution in [3.8, 4) is 0 Å². The van der Waals surface area contributed by atoms with E-state index in [1.165, 1.54) is 17.8 Å². The van der Waals surface area contributed by atoms with E-state index < -0.39 is 0 Å². The fourth-order valence-electron chi connectivity index (χ4n) is 2.34. The number of rotatable bonds is 9. The van der Waals surface area contributed by atoms with Crippen LogP contribution in [-0.4, -0.2) is 26.9 Å². The maximum Gasteiger partial charge on any atom is 0.251 e. The molecule has 26 heavy (non-hydrogen) atoms. The van der Waals surface area contributed by atoms with Crippen molar-refractivity contribution in [1.29, 1.82) is 0 Å². The predicted molar refractivity (Wildman–Crippen MR) is 111 cm³/mol. The minimum Gasteiger partial charge on any atom is -0.325 e. The van der Waals surface area contributed by atoms with Crippen LogP contribution in [0.1, 0.15) is 37.9 Å². The molecular formula is C19H25N3O2S2. The molecule has 5 nitrogen and oxygen atoms in total. The summed E-state index contributed by atoms with van der Waals surface area (Å²) in [4.78, 5) is 31.7. The van der Waals surface area contributed by atoms with Gasteiger partial charge in [-0.25, -0.2) is 4.98 Å². The van der Waals surface area contributed by atoms with Crippen LogP contribution in [0.5, 0.6) is 0 Å². The summed E-state index contributed by atoms with van der Waals surface area (Å²) in [7, 11) is 0. The van der Waals surface area contributed by atoms with E-state index in [4.69, 9.17) is 0 Å². The molecule has 7 heteroatoms. The van der Waals surface area contributed by atoms with Crippen molar-refractivity contribution in [3.05, 3.63) is 51.9 Å². The SMILES string of the molecule is CCCSCc1cc(=O)[nH]c(SC(CC)C(=O)Nc2cccc(C)c2)n1. The number of aryl methyl sites for hydroxylation is 1. The second-order valence-corrected chi connectivity index (χ2v) is 8.26. The summed E-state index contributed by atoms with van der Waals surface area (Å²) < 4.78 is 0. The molecule has 1 amide bonds. The van der Waals surface area contributed by atoms with Crippen LogP contribution in [0.2, 0.25) is 0 Å². The molecule has 0 fully saturated rings. The Labute approximate surface area is 162 Å². The Morgan fingerprint density at radius 1 is 1.31 bits per heavy atom. The monoisotopic (exact) mass is 391 g/mol. The first-order valence-corrected chi connectivity index (χ1v) is 10.8. The minimum absolute atomic E-state index is 0.0866. The number of hydrogen-bond acceptors (Lipinski definition) is 5.